The number of nitriles is 1. The first-order chi connectivity index (χ1) is 9.51. The van der Waals surface area contributed by atoms with Crippen molar-refractivity contribution in [2.24, 2.45) is 0 Å². The molecule has 0 amide bonds. The lowest BCUT2D eigenvalue weighted by molar-refractivity contribution is 0.0921. The van der Waals surface area contributed by atoms with Crippen LogP contribution in [0.3, 0.4) is 0 Å². The molecule has 102 valence electrons. The van der Waals surface area contributed by atoms with Crippen LogP contribution < -0.4 is 4.74 Å². The number of rotatable bonds is 4. The molecule has 2 rings (SSSR count). The average Bonchev–Trinajstić information content (AvgIpc) is 2.76. The molecule has 2 aromatic rings. The summed E-state index contributed by atoms with van der Waals surface area (Å²) in [5.74, 6) is 0.354. The van der Waals surface area contributed by atoms with Crippen molar-refractivity contribution in [3.05, 3.63) is 49.6 Å². The van der Waals surface area contributed by atoms with Crippen LogP contribution in [0, 0.1) is 25.2 Å². The van der Waals surface area contributed by atoms with E-state index in [0.717, 1.165) is 14.2 Å². The summed E-state index contributed by atoms with van der Waals surface area (Å²) in [6.07, 6.45) is 0. The number of carbonyl (C=O) groups excluding carboxylic acids is 1. The Morgan fingerprint density at radius 2 is 2.15 bits per heavy atom. The Morgan fingerprint density at radius 1 is 1.40 bits per heavy atom. The lowest BCUT2D eigenvalue weighted by Crippen LogP contribution is -2.12. The molecule has 0 atom stereocenters. The number of nitrogens with zero attached hydrogens (tertiary/aromatic N) is 1. The zero-order chi connectivity index (χ0) is 14.7. The van der Waals surface area contributed by atoms with Crippen molar-refractivity contribution >= 4 is 33.0 Å². The highest BCUT2D eigenvalue weighted by Gasteiger charge is 2.13. The highest BCUT2D eigenvalue weighted by molar-refractivity contribution is 9.10. The number of carbonyl (C=O) groups is 1. The van der Waals surface area contributed by atoms with Gasteiger partial charge in [-0.1, -0.05) is 15.9 Å². The molecule has 3 nitrogen and oxygen atoms in total. The minimum absolute atomic E-state index is 0.0622. The molecule has 0 unspecified atom stereocenters. The summed E-state index contributed by atoms with van der Waals surface area (Å²) in [7, 11) is 0. The molecule has 5 heteroatoms. The smallest absolute Gasteiger partial charge is 0.201 e. The quantitative estimate of drug-likeness (QED) is 0.774. The summed E-state index contributed by atoms with van der Waals surface area (Å²) in [5, 5.41) is 9.04. The Hall–Kier alpha value is -1.64. The number of ketones is 1. The van der Waals surface area contributed by atoms with E-state index in [4.69, 9.17) is 10.00 Å². The molecule has 0 spiro atoms. The second kappa shape index (κ2) is 6.21. The van der Waals surface area contributed by atoms with Gasteiger partial charge in [0.1, 0.15) is 11.8 Å². The van der Waals surface area contributed by atoms with Gasteiger partial charge in [0.2, 0.25) is 5.78 Å². The van der Waals surface area contributed by atoms with Crippen molar-refractivity contribution in [2.45, 2.75) is 13.8 Å². The van der Waals surface area contributed by atoms with Crippen molar-refractivity contribution in [3.63, 3.8) is 0 Å². The molecule has 1 heterocycles. The number of aryl methyl sites for hydroxylation is 2. The van der Waals surface area contributed by atoms with Gasteiger partial charge in [-0.3, -0.25) is 4.79 Å². The predicted octanol–water partition coefficient (Wildman–Crippen LogP) is 4.26. The normalized spacial score (nSPS) is 10.1. The third-order valence-electron chi connectivity index (χ3n) is 2.76. The Bertz CT molecular complexity index is 700. The zero-order valence-corrected chi connectivity index (χ0v) is 13.5. The van der Waals surface area contributed by atoms with Gasteiger partial charge in [-0.05, 0) is 38.1 Å². The number of hydrogen-bond acceptors (Lipinski definition) is 4. The van der Waals surface area contributed by atoms with E-state index in [9.17, 15) is 4.79 Å². The monoisotopic (exact) mass is 349 g/mol. The molecular formula is C15H12BrNO2S. The van der Waals surface area contributed by atoms with Crippen molar-refractivity contribution in [2.75, 3.05) is 6.61 Å². The van der Waals surface area contributed by atoms with Crippen LogP contribution in [-0.2, 0) is 0 Å². The molecule has 20 heavy (non-hydrogen) atoms. The lowest BCUT2D eigenvalue weighted by Gasteiger charge is -2.07. The Morgan fingerprint density at radius 3 is 2.75 bits per heavy atom. The molecule has 0 radical (unpaired) electrons. The maximum atomic E-state index is 12.1. The first-order valence-corrected chi connectivity index (χ1v) is 7.55. The van der Waals surface area contributed by atoms with Crippen LogP contribution in [0.1, 0.15) is 25.7 Å². The summed E-state index contributed by atoms with van der Waals surface area (Å²) < 4.78 is 6.28. The fraction of sp³-hybridized carbons (Fsp3) is 0.200. The number of halogens is 1. The maximum absolute atomic E-state index is 12.1. The van der Waals surface area contributed by atoms with Crippen LogP contribution in [0.15, 0.2) is 28.7 Å². The molecule has 1 aromatic heterocycles. The van der Waals surface area contributed by atoms with E-state index in [1.165, 1.54) is 0 Å². The van der Waals surface area contributed by atoms with Gasteiger partial charge >= 0.3 is 0 Å². The van der Waals surface area contributed by atoms with E-state index in [2.05, 4.69) is 22.0 Å². The second-order valence-electron chi connectivity index (χ2n) is 4.29. The van der Waals surface area contributed by atoms with E-state index in [1.54, 1.807) is 29.5 Å². The number of benzene rings is 1. The van der Waals surface area contributed by atoms with E-state index >= 15 is 0 Å². The van der Waals surface area contributed by atoms with Crippen LogP contribution in [0.2, 0.25) is 0 Å². The van der Waals surface area contributed by atoms with Gasteiger partial charge in [0.15, 0.2) is 6.61 Å². The van der Waals surface area contributed by atoms with Gasteiger partial charge in [-0.25, -0.2) is 0 Å². The number of thiophene rings is 1. The lowest BCUT2D eigenvalue weighted by atomic mass is 10.1. The molecular weight excluding hydrogens is 338 g/mol. The first kappa shape index (κ1) is 14.8. The SMILES string of the molecule is Cc1cc(C(=O)COc2ccc(Br)cc2C#N)c(C)s1. The highest BCUT2D eigenvalue weighted by atomic mass is 79.9. The summed E-state index contributed by atoms with van der Waals surface area (Å²) in [6.45, 7) is 3.83. The van der Waals surface area contributed by atoms with Crippen LogP contribution in [0.25, 0.3) is 0 Å². The Kier molecular flexibility index (Phi) is 4.58. The summed E-state index contributed by atoms with van der Waals surface area (Å²) in [4.78, 5) is 14.2. The fourth-order valence-corrected chi connectivity index (χ4v) is 3.15. The van der Waals surface area contributed by atoms with E-state index in [0.29, 0.717) is 16.9 Å². The summed E-state index contributed by atoms with van der Waals surface area (Å²) in [5.41, 5.74) is 1.11. The number of Topliss-reactive ketones (excluding diaryl/α,β-unsaturated/α-hetero) is 1. The zero-order valence-electron chi connectivity index (χ0n) is 11.1. The minimum atomic E-state index is -0.0707. The summed E-state index contributed by atoms with van der Waals surface area (Å²) in [6, 6.07) is 9.05. The van der Waals surface area contributed by atoms with Crippen LogP contribution in [0.4, 0.5) is 0 Å². The van der Waals surface area contributed by atoms with Gasteiger partial charge in [-0.15, -0.1) is 11.3 Å². The largest absolute Gasteiger partial charge is 0.484 e. The average molecular weight is 350 g/mol. The van der Waals surface area contributed by atoms with Crippen LogP contribution in [0.5, 0.6) is 5.75 Å². The minimum Gasteiger partial charge on any atom is -0.484 e. The third-order valence-corrected chi connectivity index (χ3v) is 4.22. The van der Waals surface area contributed by atoms with E-state index in [-0.39, 0.29) is 12.4 Å². The fourth-order valence-electron chi connectivity index (χ4n) is 1.84. The highest BCUT2D eigenvalue weighted by Crippen LogP contribution is 2.24. The van der Waals surface area contributed by atoms with E-state index in [1.807, 2.05) is 19.9 Å². The molecule has 0 saturated heterocycles. The predicted molar refractivity (Wildman–Crippen MR) is 82.5 cm³/mol. The molecule has 1 aromatic carbocycles. The van der Waals surface area contributed by atoms with E-state index < -0.39 is 0 Å². The van der Waals surface area contributed by atoms with Crippen molar-refractivity contribution in [1.29, 1.82) is 5.26 Å². The van der Waals surface area contributed by atoms with Crippen molar-refractivity contribution < 1.29 is 9.53 Å². The van der Waals surface area contributed by atoms with Gasteiger partial charge in [0.05, 0.1) is 5.56 Å². The van der Waals surface area contributed by atoms with Gasteiger partial charge in [0.25, 0.3) is 0 Å². The molecule has 0 aliphatic carbocycles. The summed E-state index contributed by atoms with van der Waals surface area (Å²) >= 11 is 4.89. The topological polar surface area (TPSA) is 50.1 Å². The van der Waals surface area contributed by atoms with Crippen molar-refractivity contribution in [1.82, 2.24) is 0 Å². The van der Waals surface area contributed by atoms with Crippen LogP contribution >= 0.6 is 27.3 Å². The van der Waals surface area contributed by atoms with Crippen molar-refractivity contribution in [3.8, 4) is 11.8 Å². The van der Waals surface area contributed by atoms with Crippen LogP contribution in [-0.4, -0.2) is 12.4 Å². The van der Waals surface area contributed by atoms with Gasteiger partial charge < -0.3 is 4.74 Å². The molecule has 0 aliphatic rings. The second-order valence-corrected chi connectivity index (χ2v) is 6.67. The maximum Gasteiger partial charge on any atom is 0.201 e. The molecule has 0 N–H and O–H groups in total. The molecule has 0 aliphatic heterocycles. The Balaban J connectivity index is 2.11. The molecule has 0 fully saturated rings. The Labute approximate surface area is 129 Å². The number of hydrogen-bond donors (Lipinski definition) is 0. The van der Waals surface area contributed by atoms with Gasteiger partial charge in [0, 0.05) is 19.8 Å². The number of ether oxygens (including phenoxy) is 1. The third kappa shape index (κ3) is 3.27. The molecule has 0 saturated carbocycles. The molecule has 0 bridgehead atoms. The first-order valence-electron chi connectivity index (χ1n) is 5.94. The van der Waals surface area contributed by atoms with Gasteiger partial charge in [-0.2, -0.15) is 5.26 Å². The standard InChI is InChI=1S/C15H12BrNO2S/c1-9-5-13(10(2)20-9)14(18)8-19-15-4-3-12(16)6-11(15)7-17/h3-6H,8H2,1-2H3.